The molecule has 0 spiro atoms. The Morgan fingerprint density at radius 2 is 1.78 bits per heavy atom. The van der Waals surface area contributed by atoms with Crippen LogP contribution in [-0.4, -0.2) is 61.2 Å². The van der Waals surface area contributed by atoms with E-state index in [1.807, 2.05) is 6.92 Å². The highest BCUT2D eigenvalue weighted by molar-refractivity contribution is 7.86. The van der Waals surface area contributed by atoms with E-state index in [0.717, 1.165) is 77.1 Å². The zero-order chi connectivity index (χ0) is 37.2. The second-order valence-electron chi connectivity index (χ2n) is 13.8. The number of fused-ring (bicyclic) bond motifs is 6. The van der Waals surface area contributed by atoms with Gasteiger partial charge in [0.1, 0.15) is 18.4 Å². The highest BCUT2D eigenvalue weighted by Gasteiger charge is 2.43. The zero-order valence-electron chi connectivity index (χ0n) is 28.5. The van der Waals surface area contributed by atoms with Crippen molar-refractivity contribution in [1.29, 1.82) is 0 Å². The van der Waals surface area contributed by atoms with Crippen LogP contribution in [-0.2, 0) is 32.5 Å². The number of carbonyl (C=O) groups excluding carboxylic acids is 1. The molecule has 10 nitrogen and oxygen atoms in total. The van der Waals surface area contributed by atoms with Crippen molar-refractivity contribution >= 4 is 43.9 Å². The molecule has 0 fully saturated rings. The number of carbonyl (C=O) groups is 1. The summed E-state index contributed by atoms with van der Waals surface area (Å²) in [5.74, 6) is -0.365. The van der Waals surface area contributed by atoms with Crippen LogP contribution in [0.25, 0.3) is 27.5 Å². The van der Waals surface area contributed by atoms with Crippen LogP contribution in [0, 0.1) is 18.6 Å². The summed E-state index contributed by atoms with van der Waals surface area (Å²) in [6, 6.07) is 6.01. The molecular weight excluding hydrogens is 720 g/mol. The Balaban J connectivity index is 0.000000503. The first-order valence-electron chi connectivity index (χ1n) is 16.3. The summed E-state index contributed by atoms with van der Waals surface area (Å²) in [5.41, 5.74) is 1.22. The minimum Gasteiger partial charge on any atom is -0.741 e. The number of hydrogen-bond acceptors (Lipinski definition) is 9. The van der Waals surface area contributed by atoms with Gasteiger partial charge >= 0.3 is 16.4 Å². The fourth-order valence-corrected chi connectivity index (χ4v) is 8.25. The number of esters is 1. The highest BCUT2D eigenvalue weighted by atomic mass is 32.2. The van der Waals surface area contributed by atoms with Crippen molar-refractivity contribution in [3.05, 3.63) is 51.9 Å². The summed E-state index contributed by atoms with van der Waals surface area (Å²) in [6.07, 6.45) is 4.24. The second kappa shape index (κ2) is 13.2. The lowest BCUT2D eigenvalue weighted by Gasteiger charge is -2.38. The average molecular weight is 757 g/mol. The van der Waals surface area contributed by atoms with Gasteiger partial charge in [-0.25, -0.2) is 21.8 Å². The second-order valence-corrected chi connectivity index (χ2v) is 16.3. The third kappa shape index (κ3) is 6.87. The van der Waals surface area contributed by atoms with E-state index in [4.69, 9.17) is 22.4 Å². The van der Waals surface area contributed by atoms with Crippen molar-refractivity contribution in [2.75, 3.05) is 37.0 Å². The topological polar surface area (TPSA) is 116 Å². The van der Waals surface area contributed by atoms with Gasteiger partial charge in [0.15, 0.2) is 27.4 Å². The van der Waals surface area contributed by atoms with Crippen LogP contribution in [0.4, 0.5) is 33.5 Å². The van der Waals surface area contributed by atoms with Crippen LogP contribution in [0.5, 0.6) is 5.75 Å². The number of benzene rings is 2. The van der Waals surface area contributed by atoms with Crippen molar-refractivity contribution in [3.63, 3.8) is 0 Å². The lowest BCUT2D eigenvalue weighted by Crippen LogP contribution is -2.43. The van der Waals surface area contributed by atoms with Crippen molar-refractivity contribution in [2.24, 2.45) is 0 Å². The number of aryl methyl sites for hydroxylation is 2. The normalized spacial score (nSPS) is 17.0. The van der Waals surface area contributed by atoms with Gasteiger partial charge < -0.3 is 24.2 Å². The summed E-state index contributed by atoms with van der Waals surface area (Å²) >= 11 is 1.57. The standard InChI is InChI=1S/C33H37F2N4O3S.CHF3O3S/c1-18-27(20-10-11-24(34)25(35)15-20)39-31(36-33(2,3)4)29-23-14-19-8-6-12-37-13-7-9-22(28(19)37)30(23)42-17-21(16-26(40)41-5)38(29)32(39)43-18;2-1(3,4)8(5,6)7/h10-11,14-15,21,36H,6-9,12-13,16-17H2,1-5H3;(H,5,6,7)/q+1;/p-1. The molecule has 0 aliphatic carbocycles. The van der Waals surface area contributed by atoms with Crippen LogP contribution in [0.15, 0.2) is 24.3 Å². The molecule has 0 amide bonds. The molecule has 0 saturated carbocycles. The maximum atomic E-state index is 14.6. The first kappa shape index (κ1) is 36.8. The number of thiazole rings is 1. The van der Waals surface area contributed by atoms with Gasteiger partial charge in [0.25, 0.3) is 0 Å². The maximum Gasteiger partial charge on any atom is 0.485 e. The zero-order valence-corrected chi connectivity index (χ0v) is 30.2. The fraction of sp³-hybridized carbons (Fsp3) is 0.471. The van der Waals surface area contributed by atoms with Gasteiger partial charge in [-0.15, -0.1) is 0 Å². The quantitative estimate of drug-likeness (QED) is 0.0808. The molecule has 17 heteroatoms. The number of rotatable bonds is 4. The molecule has 276 valence electrons. The number of halogens is 5. The van der Waals surface area contributed by atoms with Crippen molar-refractivity contribution in [1.82, 2.24) is 4.40 Å². The number of alkyl halides is 3. The lowest BCUT2D eigenvalue weighted by atomic mass is 9.88. The Labute approximate surface area is 295 Å². The van der Waals surface area contributed by atoms with E-state index in [0.29, 0.717) is 12.2 Å². The molecule has 1 N–H and O–H groups in total. The summed E-state index contributed by atoms with van der Waals surface area (Å²) in [4.78, 5) is 17.1. The molecule has 51 heavy (non-hydrogen) atoms. The number of nitrogens with zero attached hydrogens (tertiary/aromatic N) is 3. The van der Waals surface area contributed by atoms with Crippen LogP contribution < -0.4 is 19.5 Å². The van der Waals surface area contributed by atoms with Crippen molar-refractivity contribution in [3.8, 4) is 28.3 Å². The molecule has 0 radical (unpaired) electrons. The number of nitrogens with one attached hydrogen (secondary N) is 1. The Morgan fingerprint density at radius 1 is 1.12 bits per heavy atom. The van der Waals surface area contributed by atoms with E-state index in [9.17, 15) is 26.7 Å². The minimum atomic E-state index is -6.09. The van der Waals surface area contributed by atoms with Gasteiger partial charge in [-0.05, 0) is 83.2 Å². The highest BCUT2D eigenvalue weighted by Crippen LogP contribution is 2.50. The summed E-state index contributed by atoms with van der Waals surface area (Å²) < 4.78 is 104. The maximum absolute atomic E-state index is 14.6. The third-order valence-corrected chi connectivity index (χ3v) is 10.6. The first-order valence-corrected chi connectivity index (χ1v) is 18.5. The largest absolute Gasteiger partial charge is 0.741 e. The molecule has 2 aromatic heterocycles. The third-order valence-electron chi connectivity index (χ3n) is 9.00. The molecule has 3 aliphatic heterocycles. The molecule has 5 heterocycles. The molecule has 2 aromatic carbocycles. The van der Waals surface area contributed by atoms with Gasteiger partial charge in [-0.2, -0.15) is 17.6 Å². The Hall–Kier alpha value is -3.96. The number of aromatic nitrogens is 2. The molecule has 0 bridgehead atoms. The van der Waals surface area contributed by atoms with Crippen molar-refractivity contribution < 1.29 is 53.8 Å². The Kier molecular flexibility index (Phi) is 9.55. The molecule has 3 aliphatic rings. The molecule has 7 rings (SSSR count). The molecule has 0 saturated heterocycles. The molecule has 4 aromatic rings. The molecule has 1 atom stereocenters. The first-order chi connectivity index (χ1) is 23.8. The van der Waals surface area contributed by atoms with Gasteiger partial charge in [-0.1, -0.05) is 11.3 Å². The van der Waals surface area contributed by atoms with E-state index < -0.39 is 27.3 Å². The predicted molar refractivity (Wildman–Crippen MR) is 180 cm³/mol. The van der Waals surface area contributed by atoms with E-state index in [1.165, 1.54) is 36.1 Å². The Morgan fingerprint density at radius 3 is 2.39 bits per heavy atom. The van der Waals surface area contributed by atoms with Gasteiger partial charge in [0.05, 0.1) is 24.0 Å². The van der Waals surface area contributed by atoms with Crippen molar-refractivity contribution in [2.45, 2.75) is 76.9 Å². The summed E-state index contributed by atoms with van der Waals surface area (Å²) in [7, 11) is -4.68. The number of methoxy groups -OCH3 is 1. The fourth-order valence-electron chi connectivity index (χ4n) is 7.06. The average Bonchev–Trinajstić information content (AvgIpc) is 3.46. The van der Waals surface area contributed by atoms with E-state index >= 15 is 0 Å². The minimum absolute atomic E-state index is 0.134. The SMILES string of the molecule is COC(=O)CC1COc2c(cc3c4c2CCCN4CCC3)-c2c(NC(C)(C)C)n3c(-c4ccc(F)c(F)c4)c(C)sc3[n+]21.O=S(=O)([O-])C(F)(F)F. The van der Waals surface area contributed by atoms with Crippen LogP contribution >= 0.6 is 11.3 Å². The molecular formula is C34H37F5N4O6S2. The van der Waals surface area contributed by atoms with Crippen LogP contribution in [0.1, 0.15) is 62.1 Å². The number of imidazole rings is 1. The Bertz CT molecular complexity index is 2140. The van der Waals surface area contributed by atoms with E-state index in [2.05, 4.69) is 46.0 Å². The number of ether oxygens (including phenoxy) is 2. The predicted octanol–water partition coefficient (Wildman–Crippen LogP) is 6.67. The van der Waals surface area contributed by atoms with Gasteiger partial charge in [0, 0.05) is 35.4 Å². The van der Waals surface area contributed by atoms with E-state index in [1.54, 1.807) is 17.4 Å². The summed E-state index contributed by atoms with van der Waals surface area (Å²) in [5, 5.41) is 3.78. The van der Waals surface area contributed by atoms with Crippen LogP contribution in [0.2, 0.25) is 0 Å². The number of hydrogen-bond donors (Lipinski definition) is 1. The van der Waals surface area contributed by atoms with E-state index in [-0.39, 0.29) is 24.0 Å². The molecule has 1 unspecified atom stereocenters. The monoisotopic (exact) mass is 756 g/mol. The lowest BCUT2D eigenvalue weighted by molar-refractivity contribution is -0.684. The smallest absolute Gasteiger partial charge is 0.485 e. The van der Waals surface area contributed by atoms with Gasteiger partial charge in [-0.3, -0.25) is 4.79 Å². The summed E-state index contributed by atoms with van der Waals surface area (Å²) in [6.45, 7) is 10.7. The van der Waals surface area contributed by atoms with Crippen LogP contribution in [0.3, 0.4) is 0 Å². The number of anilines is 2. The van der Waals surface area contributed by atoms with Gasteiger partial charge in [0.2, 0.25) is 11.5 Å².